The third-order valence-corrected chi connectivity index (χ3v) is 4.92. The van der Waals surface area contributed by atoms with Gasteiger partial charge in [0.1, 0.15) is 0 Å². The third-order valence-electron chi connectivity index (χ3n) is 4.92. The quantitative estimate of drug-likeness (QED) is 0.801. The first-order chi connectivity index (χ1) is 11.2. The van der Waals surface area contributed by atoms with E-state index in [1.165, 1.54) is 33.3 Å². The van der Waals surface area contributed by atoms with Crippen molar-refractivity contribution in [1.29, 1.82) is 0 Å². The number of nitrogens with one attached hydrogen (secondary N) is 1. The van der Waals surface area contributed by atoms with Crippen LogP contribution in [0.4, 0.5) is 0 Å². The number of aryl methyl sites for hydroxylation is 3. The van der Waals surface area contributed by atoms with Crippen LogP contribution in [0, 0.1) is 6.92 Å². The van der Waals surface area contributed by atoms with Gasteiger partial charge in [-0.2, -0.15) is 0 Å². The number of hydrogen-bond acceptors (Lipinski definition) is 2. The van der Waals surface area contributed by atoms with Crippen molar-refractivity contribution in [3.05, 3.63) is 65.1 Å². The molecular weight excluding hydrogens is 282 g/mol. The normalized spacial score (nSPS) is 17.4. The van der Waals surface area contributed by atoms with E-state index in [4.69, 9.17) is 0 Å². The van der Waals surface area contributed by atoms with Crippen LogP contribution in [-0.2, 0) is 25.9 Å². The van der Waals surface area contributed by atoms with E-state index < -0.39 is 0 Å². The zero-order chi connectivity index (χ0) is 15.8. The number of benzene rings is 1. The van der Waals surface area contributed by atoms with E-state index >= 15 is 0 Å². The van der Waals surface area contributed by atoms with Crippen molar-refractivity contribution in [3.8, 4) is 0 Å². The summed E-state index contributed by atoms with van der Waals surface area (Å²) >= 11 is 0. The molecule has 0 saturated carbocycles. The molecule has 0 spiro atoms. The fourth-order valence-corrected chi connectivity index (χ4v) is 3.70. The summed E-state index contributed by atoms with van der Waals surface area (Å²) in [6.07, 6.45) is 5.95. The summed E-state index contributed by atoms with van der Waals surface area (Å²) in [5.41, 5.74) is 7.02. The van der Waals surface area contributed by atoms with Gasteiger partial charge in [0.25, 0.3) is 0 Å². The predicted molar refractivity (Wildman–Crippen MR) is 94.6 cm³/mol. The third kappa shape index (κ3) is 2.66. The minimum Gasteiger partial charge on any atom is -0.344 e. The van der Waals surface area contributed by atoms with Gasteiger partial charge in [0.05, 0.1) is 0 Å². The van der Waals surface area contributed by atoms with Crippen molar-refractivity contribution < 1.29 is 0 Å². The maximum absolute atomic E-state index is 4.24. The maximum atomic E-state index is 4.24. The van der Waals surface area contributed by atoms with E-state index in [1.54, 1.807) is 0 Å². The van der Waals surface area contributed by atoms with Crippen LogP contribution in [0.5, 0.6) is 0 Å². The number of rotatable bonds is 3. The monoisotopic (exact) mass is 305 g/mol. The van der Waals surface area contributed by atoms with Crippen molar-refractivity contribution in [3.63, 3.8) is 0 Å². The standard InChI is InChI=1S/C20H23N3/c1-14-5-6-19-17(10-14)18-13-22-15(2)11-20(18)23(19)9-7-16-4-3-8-21-12-16/h3-6,8,10,12,15,22H,7,9,11,13H2,1-2H3. The zero-order valence-electron chi connectivity index (χ0n) is 13.8. The zero-order valence-corrected chi connectivity index (χ0v) is 13.8. The lowest BCUT2D eigenvalue weighted by atomic mass is 10.0. The summed E-state index contributed by atoms with van der Waals surface area (Å²) in [4.78, 5) is 4.24. The van der Waals surface area contributed by atoms with Crippen LogP contribution >= 0.6 is 0 Å². The van der Waals surface area contributed by atoms with Crippen LogP contribution in [0.1, 0.15) is 29.3 Å². The highest BCUT2D eigenvalue weighted by Gasteiger charge is 2.22. The Morgan fingerprint density at radius 1 is 1.30 bits per heavy atom. The van der Waals surface area contributed by atoms with Gasteiger partial charge in [0, 0.05) is 54.5 Å². The van der Waals surface area contributed by atoms with E-state index in [0.717, 1.165) is 25.9 Å². The van der Waals surface area contributed by atoms with Crippen LogP contribution in [0.3, 0.4) is 0 Å². The SMILES string of the molecule is Cc1ccc2c(c1)c1c(n2CCc2cccnc2)CC(C)NC1. The number of fused-ring (bicyclic) bond motifs is 3. The summed E-state index contributed by atoms with van der Waals surface area (Å²) < 4.78 is 2.54. The molecule has 0 fully saturated rings. The minimum absolute atomic E-state index is 0.546. The molecule has 118 valence electrons. The molecule has 1 aliphatic heterocycles. The van der Waals surface area contributed by atoms with Crippen molar-refractivity contribution in [2.75, 3.05) is 0 Å². The Balaban J connectivity index is 1.77. The summed E-state index contributed by atoms with van der Waals surface area (Å²) in [5.74, 6) is 0. The van der Waals surface area contributed by atoms with Crippen LogP contribution < -0.4 is 5.32 Å². The van der Waals surface area contributed by atoms with Gasteiger partial charge < -0.3 is 9.88 Å². The van der Waals surface area contributed by atoms with Crippen LogP contribution in [0.25, 0.3) is 10.9 Å². The smallest absolute Gasteiger partial charge is 0.0486 e. The second kappa shape index (κ2) is 5.82. The van der Waals surface area contributed by atoms with E-state index in [0.29, 0.717) is 6.04 Å². The molecule has 0 aliphatic carbocycles. The molecule has 3 aromatic rings. The first-order valence-electron chi connectivity index (χ1n) is 8.45. The molecule has 1 aromatic carbocycles. The van der Waals surface area contributed by atoms with Gasteiger partial charge in [-0.3, -0.25) is 4.98 Å². The summed E-state index contributed by atoms with van der Waals surface area (Å²) in [5, 5.41) is 5.04. The van der Waals surface area contributed by atoms with Crippen molar-refractivity contribution in [2.45, 2.75) is 45.8 Å². The lowest BCUT2D eigenvalue weighted by Gasteiger charge is -2.23. The molecule has 0 amide bonds. The Morgan fingerprint density at radius 3 is 3.04 bits per heavy atom. The molecule has 23 heavy (non-hydrogen) atoms. The number of pyridine rings is 1. The van der Waals surface area contributed by atoms with E-state index in [2.05, 4.69) is 53.0 Å². The van der Waals surface area contributed by atoms with Gasteiger partial charge in [0.15, 0.2) is 0 Å². The van der Waals surface area contributed by atoms with Gasteiger partial charge >= 0.3 is 0 Å². The van der Waals surface area contributed by atoms with E-state index in [1.807, 2.05) is 18.5 Å². The molecule has 0 saturated heterocycles. The maximum Gasteiger partial charge on any atom is 0.0486 e. The molecule has 1 aliphatic rings. The number of aromatic nitrogens is 2. The molecule has 3 heterocycles. The first kappa shape index (κ1) is 14.5. The largest absolute Gasteiger partial charge is 0.344 e. The molecule has 4 rings (SSSR count). The highest BCUT2D eigenvalue weighted by atomic mass is 15.0. The molecule has 1 atom stereocenters. The highest BCUT2D eigenvalue weighted by Crippen LogP contribution is 2.30. The second-order valence-electron chi connectivity index (χ2n) is 6.69. The molecular formula is C20H23N3. The van der Waals surface area contributed by atoms with Crippen LogP contribution in [0.2, 0.25) is 0 Å². The molecule has 0 bridgehead atoms. The fourth-order valence-electron chi connectivity index (χ4n) is 3.70. The molecule has 0 radical (unpaired) electrons. The van der Waals surface area contributed by atoms with Gasteiger partial charge in [-0.05, 0) is 49.6 Å². The van der Waals surface area contributed by atoms with Gasteiger partial charge in [-0.15, -0.1) is 0 Å². The lowest BCUT2D eigenvalue weighted by molar-refractivity contribution is 0.492. The average Bonchev–Trinajstić information content (AvgIpc) is 2.86. The molecule has 2 aromatic heterocycles. The number of nitrogens with zero attached hydrogens (tertiary/aromatic N) is 2. The summed E-state index contributed by atoms with van der Waals surface area (Å²) in [6.45, 7) is 6.46. The summed E-state index contributed by atoms with van der Waals surface area (Å²) in [7, 11) is 0. The Kier molecular flexibility index (Phi) is 3.66. The Labute approximate surface area is 137 Å². The Bertz CT molecular complexity index is 833. The summed E-state index contributed by atoms with van der Waals surface area (Å²) in [6, 6.07) is 11.6. The predicted octanol–water partition coefficient (Wildman–Crippen LogP) is 3.62. The average molecular weight is 305 g/mol. The minimum atomic E-state index is 0.546. The first-order valence-corrected chi connectivity index (χ1v) is 8.45. The van der Waals surface area contributed by atoms with E-state index in [9.17, 15) is 0 Å². The fraction of sp³-hybridized carbons (Fsp3) is 0.350. The number of hydrogen-bond donors (Lipinski definition) is 1. The van der Waals surface area contributed by atoms with Crippen LogP contribution in [0.15, 0.2) is 42.7 Å². The highest BCUT2D eigenvalue weighted by molar-refractivity contribution is 5.86. The van der Waals surface area contributed by atoms with Crippen molar-refractivity contribution >= 4 is 10.9 Å². The van der Waals surface area contributed by atoms with Crippen LogP contribution in [-0.4, -0.2) is 15.6 Å². The van der Waals surface area contributed by atoms with Crippen molar-refractivity contribution in [1.82, 2.24) is 14.9 Å². The van der Waals surface area contributed by atoms with Gasteiger partial charge in [-0.1, -0.05) is 17.7 Å². The topological polar surface area (TPSA) is 29.9 Å². The van der Waals surface area contributed by atoms with E-state index in [-0.39, 0.29) is 0 Å². The van der Waals surface area contributed by atoms with Gasteiger partial charge in [0.2, 0.25) is 0 Å². The Morgan fingerprint density at radius 2 is 2.22 bits per heavy atom. The molecule has 1 unspecified atom stereocenters. The molecule has 3 heteroatoms. The molecule has 1 N–H and O–H groups in total. The Hall–Kier alpha value is -2.13. The second-order valence-corrected chi connectivity index (χ2v) is 6.69. The molecule has 3 nitrogen and oxygen atoms in total. The lowest BCUT2D eigenvalue weighted by Crippen LogP contribution is -2.33. The van der Waals surface area contributed by atoms with Crippen molar-refractivity contribution in [2.24, 2.45) is 0 Å². The van der Waals surface area contributed by atoms with Gasteiger partial charge in [-0.25, -0.2) is 0 Å².